The monoisotopic (exact) mass is 285 g/mol. The molecule has 0 amide bonds. The zero-order chi connectivity index (χ0) is 15.0. The molecule has 1 atom stereocenters. The van der Waals surface area contributed by atoms with E-state index in [1.54, 1.807) is 19.2 Å². The highest BCUT2D eigenvalue weighted by atomic mass is 19.3. The van der Waals surface area contributed by atoms with Crippen LogP contribution in [0.5, 0.6) is 5.75 Å². The molecule has 0 bridgehead atoms. The van der Waals surface area contributed by atoms with Gasteiger partial charge in [0.15, 0.2) is 5.96 Å². The molecule has 6 heteroatoms. The maximum absolute atomic E-state index is 12.1. The van der Waals surface area contributed by atoms with E-state index in [4.69, 9.17) is 0 Å². The average Bonchev–Trinajstić information content (AvgIpc) is 2.42. The Morgan fingerprint density at radius 1 is 1.40 bits per heavy atom. The van der Waals surface area contributed by atoms with Crippen LogP contribution in [0.4, 0.5) is 8.78 Å². The van der Waals surface area contributed by atoms with Gasteiger partial charge in [0.1, 0.15) is 5.75 Å². The molecule has 0 aliphatic carbocycles. The lowest BCUT2D eigenvalue weighted by Gasteiger charge is -2.16. The lowest BCUT2D eigenvalue weighted by atomic mass is 10.2. The SMILES string of the molecule is CCC(C)NC(=NC)NCc1cccc(OC(F)F)c1. The van der Waals surface area contributed by atoms with E-state index in [9.17, 15) is 8.78 Å². The Balaban J connectivity index is 2.56. The molecule has 0 aliphatic heterocycles. The van der Waals surface area contributed by atoms with Crippen LogP contribution in [0.3, 0.4) is 0 Å². The molecule has 0 saturated heterocycles. The molecule has 2 N–H and O–H groups in total. The summed E-state index contributed by atoms with van der Waals surface area (Å²) in [6.45, 7) is 1.81. The number of halogens is 2. The van der Waals surface area contributed by atoms with Crippen LogP contribution >= 0.6 is 0 Å². The van der Waals surface area contributed by atoms with Crippen molar-refractivity contribution in [2.24, 2.45) is 4.99 Å². The maximum atomic E-state index is 12.1. The van der Waals surface area contributed by atoms with Crippen molar-refractivity contribution in [1.82, 2.24) is 10.6 Å². The molecule has 0 heterocycles. The number of nitrogens with zero attached hydrogens (tertiary/aromatic N) is 1. The second-order valence-electron chi connectivity index (χ2n) is 4.41. The van der Waals surface area contributed by atoms with Gasteiger partial charge in [-0.25, -0.2) is 0 Å². The highest BCUT2D eigenvalue weighted by Gasteiger charge is 2.06. The zero-order valence-electron chi connectivity index (χ0n) is 12.0. The standard InChI is InChI=1S/C14H21F2N3O/c1-4-10(2)19-14(17-3)18-9-11-6-5-7-12(8-11)20-13(15)16/h5-8,10,13H,4,9H2,1-3H3,(H2,17,18,19). The predicted molar refractivity (Wildman–Crippen MR) is 76.2 cm³/mol. The van der Waals surface area contributed by atoms with E-state index in [2.05, 4.69) is 34.2 Å². The van der Waals surface area contributed by atoms with Gasteiger partial charge >= 0.3 is 6.61 Å². The lowest BCUT2D eigenvalue weighted by Crippen LogP contribution is -2.41. The number of ether oxygens (including phenoxy) is 1. The molecule has 1 aromatic rings. The Kier molecular flexibility index (Phi) is 6.76. The van der Waals surface area contributed by atoms with Crippen LogP contribution < -0.4 is 15.4 Å². The van der Waals surface area contributed by atoms with Crippen LogP contribution in [0.2, 0.25) is 0 Å². The highest BCUT2D eigenvalue weighted by Crippen LogP contribution is 2.15. The number of guanidine groups is 1. The molecule has 1 aromatic carbocycles. The fraction of sp³-hybridized carbons (Fsp3) is 0.500. The van der Waals surface area contributed by atoms with E-state index in [1.807, 2.05) is 6.07 Å². The minimum atomic E-state index is -2.81. The van der Waals surface area contributed by atoms with Crippen molar-refractivity contribution in [1.29, 1.82) is 0 Å². The Hall–Kier alpha value is -1.85. The van der Waals surface area contributed by atoms with Crippen molar-refractivity contribution in [3.63, 3.8) is 0 Å². The van der Waals surface area contributed by atoms with Crippen molar-refractivity contribution < 1.29 is 13.5 Å². The van der Waals surface area contributed by atoms with Crippen LogP contribution in [-0.2, 0) is 6.54 Å². The molecule has 112 valence electrons. The number of nitrogens with one attached hydrogen (secondary N) is 2. The Bertz CT molecular complexity index is 438. The van der Waals surface area contributed by atoms with E-state index in [1.165, 1.54) is 6.07 Å². The van der Waals surface area contributed by atoms with Gasteiger partial charge in [-0.2, -0.15) is 8.78 Å². The van der Waals surface area contributed by atoms with Gasteiger partial charge in [-0.05, 0) is 31.0 Å². The first-order chi connectivity index (χ1) is 9.55. The van der Waals surface area contributed by atoms with Crippen LogP contribution in [0.1, 0.15) is 25.8 Å². The fourth-order valence-corrected chi connectivity index (χ4v) is 1.55. The lowest BCUT2D eigenvalue weighted by molar-refractivity contribution is -0.0498. The van der Waals surface area contributed by atoms with Crippen LogP contribution in [0.15, 0.2) is 29.3 Å². The van der Waals surface area contributed by atoms with E-state index < -0.39 is 6.61 Å². The molecule has 0 fully saturated rings. The zero-order valence-corrected chi connectivity index (χ0v) is 12.0. The van der Waals surface area contributed by atoms with Gasteiger partial charge in [-0.3, -0.25) is 4.99 Å². The van der Waals surface area contributed by atoms with E-state index in [-0.39, 0.29) is 5.75 Å². The fourth-order valence-electron chi connectivity index (χ4n) is 1.55. The largest absolute Gasteiger partial charge is 0.435 e. The molecule has 4 nitrogen and oxygen atoms in total. The van der Waals surface area contributed by atoms with Crippen molar-refractivity contribution in [2.75, 3.05) is 7.05 Å². The van der Waals surface area contributed by atoms with Crippen LogP contribution in [0.25, 0.3) is 0 Å². The van der Waals surface area contributed by atoms with Gasteiger partial charge in [-0.1, -0.05) is 19.1 Å². The number of rotatable bonds is 6. The number of benzene rings is 1. The summed E-state index contributed by atoms with van der Waals surface area (Å²) in [5.74, 6) is 0.837. The van der Waals surface area contributed by atoms with E-state index in [0.29, 0.717) is 18.5 Å². The first-order valence-corrected chi connectivity index (χ1v) is 6.56. The summed E-state index contributed by atoms with van der Waals surface area (Å²) >= 11 is 0. The van der Waals surface area contributed by atoms with Gasteiger partial charge in [0.05, 0.1) is 0 Å². The number of hydrogen-bond donors (Lipinski definition) is 2. The molecular formula is C14H21F2N3O. The van der Waals surface area contributed by atoms with E-state index >= 15 is 0 Å². The quantitative estimate of drug-likeness (QED) is 0.624. The Labute approximate surface area is 118 Å². The molecular weight excluding hydrogens is 264 g/mol. The summed E-state index contributed by atoms with van der Waals surface area (Å²) < 4.78 is 28.6. The van der Waals surface area contributed by atoms with E-state index in [0.717, 1.165) is 12.0 Å². The molecule has 0 spiro atoms. The van der Waals surface area contributed by atoms with Crippen molar-refractivity contribution in [2.45, 2.75) is 39.5 Å². The third-order valence-corrected chi connectivity index (χ3v) is 2.80. The average molecular weight is 285 g/mol. The summed E-state index contributed by atoms with van der Waals surface area (Å²) in [4.78, 5) is 4.11. The third-order valence-electron chi connectivity index (χ3n) is 2.80. The number of aliphatic imine (C=N–C) groups is 1. The topological polar surface area (TPSA) is 45.7 Å². The van der Waals surface area contributed by atoms with Gasteiger partial charge in [-0.15, -0.1) is 0 Å². The van der Waals surface area contributed by atoms with Gasteiger partial charge < -0.3 is 15.4 Å². The number of alkyl halides is 2. The molecule has 1 unspecified atom stereocenters. The molecule has 1 rings (SSSR count). The van der Waals surface area contributed by atoms with Gasteiger partial charge in [0.2, 0.25) is 0 Å². The second-order valence-corrected chi connectivity index (χ2v) is 4.41. The first-order valence-electron chi connectivity index (χ1n) is 6.56. The number of hydrogen-bond acceptors (Lipinski definition) is 2. The molecule has 0 aromatic heterocycles. The summed E-state index contributed by atoms with van der Waals surface area (Å²) in [6, 6.07) is 6.91. The van der Waals surface area contributed by atoms with Crippen LogP contribution in [-0.4, -0.2) is 25.7 Å². The molecule has 0 saturated carbocycles. The summed E-state index contributed by atoms with van der Waals surface area (Å²) in [7, 11) is 1.69. The van der Waals surface area contributed by atoms with Crippen molar-refractivity contribution >= 4 is 5.96 Å². The van der Waals surface area contributed by atoms with Crippen molar-refractivity contribution in [3.8, 4) is 5.75 Å². The molecule has 0 radical (unpaired) electrons. The van der Waals surface area contributed by atoms with Crippen LogP contribution in [0, 0.1) is 0 Å². The smallest absolute Gasteiger partial charge is 0.387 e. The minimum Gasteiger partial charge on any atom is -0.435 e. The summed E-state index contributed by atoms with van der Waals surface area (Å²) in [5, 5.41) is 6.35. The Morgan fingerprint density at radius 3 is 2.75 bits per heavy atom. The Morgan fingerprint density at radius 2 is 2.15 bits per heavy atom. The minimum absolute atomic E-state index is 0.157. The van der Waals surface area contributed by atoms with Gasteiger partial charge in [0, 0.05) is 19.6 Å². The summed E-state index contributed by atoms with van der Waals surface area (Å²) in [5.41, 5.74) is 0.843. The maximum Gasteiger partial charge on any atom is 0.387 e. The molecule has 0 aliphatic rings. The third kappa shape index (κ3) is 5.86. The molecule has 20 heavy (non-hydrogen) atoms. The van der Waals surface area contributed by atoms with Crippen molar-refractivity contribution in [3.05, 3.63) is 29.8 Å². The predicted octanol–water partition coefficient (Wildman–Crippen LogP) is 2.75. The van der Waals surface area contributed by atoms with Gasteiger partial charge in [0.25, 0.3) is 0 Å². The first kappa shape index (κ1) is 16.2. The second kappa shape index (κ2) is 8.35. The summed E-state index contributed by atoms with van der Waals surface area (Å²) in [6.07, 6.45) is 0.985. The normalized spacial score (nSPS) is 13.2. The highest BCUT2D eigenvalue weighted by molar-refractivity contribution is 5.79.